The van der Waals surface area contributed by atoms with Crippen LogP contribution in [0.1, 0.15) is 34.8 Å². The first-order chi connectivity index (χ1) is 10.3. The Morgan fingerprint density at radius 3 is 2.61 bits per heavy atom. The third-order valence-corrected chi connectivity index (χ3v) is 4.39. The molecule has 1 saturated carbocycles. The van der Waals surface area contributed by atoms with E-state index in [1.165, 1.54) is 12.8 Å². The standard InChI is InChI=1S/C17H19N3O.2ClH/c21-17(19-10-11-8-18-9-11)14-7-16(12-5-6-12)20-15-4-2-1-3-13(14)15;;/h1-4,7,11-12,18H,5-6,8-10H2,(H,19,21);2*1H. The lowest BCUT2D eigenvalue weighted by atomic mass is 10.0. The molecule has 1 saturated heterocycles. The third-order valence-electron chi connectivity index (χ3n) is 4.39. The zero-order valence-corrected chi connectivity index (χ0v) is 14.4. The molecule has 1 aromatic carbocycles. The molecule has 1 aliphatic heterocycles. The number of nitrogens with one attached hydrogen (secondary N) is 2. The van der Waals surface area contributed by atoms with Crippen LogP contribution < -0.4 is 10.6 Å². The Balaban J connectivity index is 0.000000960. The van der Waals surface area contributed by atoms with Crippen LogP contribution in [0.5, 0.6) is 0 Å². The fraction of sp³-hybridized carbons (Fsp3) is 0.412. The molecule has 23 heavy (non-hydrogen) atoms. The predicted octanol–water partition coefficient (Wildman–Crippen LogP) is 2.91. The van der Waals surface area contributed by atoms with Crippen LogP contribution in [-0.2, 0) is 0 Å². The largest absolute Gasteiger partial charge is 0.352 e. The van der Waals surface area contributed by atoms with E-state index in [2.05, 4.69) is 10.6 Å². The minimum atomic E-state index is 0. The number of hydrogen-bond donors (Lipinski definition) is 2. The number of aromatic nitrogens is 1. The third kappa shape index (κ3) is 3.77. The number of amides is 1. The van der Waals surface area contributed by atoms with Gasteiger partial charge >= 0.3 is 0 Å². The smallest absolute Gasteiger partial charge is 0.252 e. The second-order valence-electron chi connectivity index (χ2n) is 6.12. The van der Waals surface area contributed by atoms with Gasteiger partial charge in [-0.15, -0.1) is 24.8 Å². The first-order valence-corrected chi connectivity index (χ1v) is 7.70. The summed E-state index contributed by atoms with van der Waals surface area (Å²) in [7, 11) is 0. The van der Waals surface area contributed by atoms with Crippen LogP contribution >= 0.6 is 24.8 Å². The van der Waals surface area contributed by atoms with Crippen LogP contribution in [0, 0.1) is 5.92 Å². The van der Waals surface area contributed by atoms with Gasteiger partial charge in [0.25, 0.3) is 5.91 Å². The number of pyridine rings is 1. The zero-order valence-electron chi connectivity index (χ0n) is 12.7. The van der Waals surface area contributed by atoms with E-state index in [0.29, 0.717) is 11.8 Å². The predicted molar refractivity (Wildman–Crippen MR) is 96.9 cm³/mol. The van der Waals surface area contributed by atoms with Gasteiger partial charge in [0.1, 0.15) is 0 Å². The fourth-order valence-electron chi connectivity index (χ4n) is 2.80. The number of carbonyl (C=O) groups excluding carboxylic acids is 1. The van der Waals surface area contributed by atoms with E-state index in [1.54, 1.807) is 0 Å². The topological polar surface area (TPSA) is 54.0 Å². The molecule has 1 amide bonds. The van der Waals surface area contributed by atoms with Crippen molar-refractivity contribution in [1.29, 1.82) is 0 Å². The van der Waals surface area contributed by atoms with Crippen molar-refractivity contribution < 1.29 is 4.79 Å². The molecule has 0 atom stereocenters. The molecular formula is C17H21Cl2N3O. The van der Waals surface area contributed by atoms with Gasteiger partial charge in [-0.2, -0.15) is 0 Å². The molecule has 4 rings (SSSR count). The van der Waals surface area contributed by atoms with Crippen molar-refractivity contribution in [2.75, 3.05) is 19.6 Å². The first kappa shape index (κ1) is 18.0. The monoisotopic (exact) mass is 353 g/mol. The van der Waals surface area contributed by atoms with Crippen molar-refractivity contribution >= 4 is 41.6 Å². The van der Waals surface area contributed by atoms with Crippen molar-refractivity contribution in [3.63, 3.8) is 0 Å². The van der Waals surface area contributed by atoms with Gasteiger partial charge < -0.3 is 10.6 Å². The molecule has 2 N–H and O–H groups in total. The number of para-hydroxylation sites is 1. The van der Waals surface area contributed by atoms with Gasteiger partial charge in [0.05, 0.1) is 11.1 Å². The Bertz CT molecular complexity index is 699. The Labute approximate surface area is 148 Å². The van der Waals surface area contributed by atoms with Crippen molar-refractivity contribution in [3.05, 3.63) is 41.6 Å². The van der Waals surface area contributed by atoms with Crippen LogP contribution in [0.2, 0.25) is 0 Å². The summed E-state index contributed by atoms with van der Waals surface area (Å²) >= 11 is 0. The van der Waals surface area contributed by atoms with E-state index >= 15 is 0 Å². The highest BCUT2D eigenvalue weighted by molar-refractivity contribution is 6.06. The SMILES string of the molecule is Cl.Cl.O=C(NCC1CNC1)c1cc(C2CC2)nc2ccccc12. The molecule has 4 nitrogen and oxygen atoms in total. The van der Waals surface area contributed by atoms with E-state index in [4.69, 9.17) is 4.98 Å². The Morgan fingerprint density at radius 1 is 1.22 bits per heavy atom. The summed E-state index contributed by atoms with van der Waals surface area (Å²) in [6.07, 6.45) is 2.39. The lowest BCUT2D eigenvalue weighted by Gasteiger charge is -2.27. The van der Waals surface area contributed by atoms with Crippen LogP contribution in [0.15, 0.2) is 30.3 Å². The number of rotatable bonds is 4. The number of nitrogens with zero attached hydrogens (tertiary/aromatic N) is 1. The van der Waals surface area contributed by atoms with Crippen LogP contribution in [-0.4, -0.2) is 30.5 Å². The van der Waals surface area contributed by atoms with Crippen molar-refractivity contribution in [3.8, 4) is 0 Å². The lowest BCUT2D eigenvalue weighted by molar-refractivity contribution is 0.0943. The maximum atomic E-state index is 12.5. The van der Waals surface area contributed by atoms with Crippen molar-refractivity contribution in [2.45, 2.75) is 18.8 Å². The van der Waals surface area contributed by atoms with Gasteiger partial charge in [0, 0.05) is 42.6 Å². The van der Waals surface area contributed by atoms with Gasteiger partial charge in [-0.3, -0.25) is 9.78 Å². The van der Waals surface area contributed by atoms with E-state index < -0.39 is 0 Å². The average Bonchev–Trinajstić information content (AvgIpc) is 3.29. The highest BCUT2D eigenvalue weighted by atomic mass is 35.5. The molecule has 2 aliphatic rings. The molecule has 0 bridgehead atoms. The maximum Gasteiger partial charge on any atom is 0.252 e. The molecule has 6 heteroatoms. The van der Waals surface area contributed by atoms with E-state index in [1.807, 2.05) is 30.3 Å². The fourth-order valence-corrected chi connectivity index (χ4v) is 2.80. The molecule has 1 aliphatic carbocycles. The van der Waals surface area contributed by atoms with E-state index in [9.17, 15) is 4.79 Å². The molecule has 0 spiro atoms. The highest BCUT2D eigenvalue weighted by Gasteiger charge is 2.27. The number of carbonyl (C=O) groups is 1. The van der Waals surface area contributed by atoms with E-state index in [0.717, 1.165) is 41.8 Å². The molecule has 2 heterocycles. The molecular weight excluding hydrogens is 333 g/mol. The molecule has 1 aromatic heterocycles. The Morgan fingerprint density at radius 2 is 1.96 bits per heavy atom. The normalized spacial score (nSPS) is 16.9. The highest BCUT2D eigenvalue weighted by Crippen LogP contribution is 2.40. The number of benzene rings is 1. The van der Waals surface area contributed by atoms with Crippen molar-refractivity contribution in [1.82, 2.24) is 15.6 Å². The maximum absolute atomic E-state index is 12.5. The minimum absolute atomic E-state index is 0. The number of fused-ring (bicyclic) bond motifs is 1. The molecule has 0 radical (unpaired) electrons. The van der Waals surface area contributed by atoms with Crippen LogP contribution in [0.4, 0.5) is 0 Å². The quantitative estimate of drug-likeness (QED) is 0.888. The molecule has 2 aromatic rings. The summed E-state index contributed by atoms with van der Waals surface area (Å²) in [6, 6.07) is 9.92. The summed E-state index contributed by atoms with van der Waals surface area (Å²) < 4.78 is 0. The van der Waals surface area contributed by atoms with Crippen molar-refractivity contribution in [2.24, 2.45) is 5.92 Å². The molecule has 0 unspecified atom stereocenters. The Hall–Kier alpha value is -1.36. The first-order valence-electron chi connectivity index (χ1n) is 7.70. The van der Waals surface area contributed by atoms with Gasteiger partial charge in [-0.05, 0) is 25.0 Å². The van der Waals surface area contributed by atoms with Gasteiger partial charge in [-0.25, -0.2) is 0 Å². The van der Waals surface area contributed by atoms with Gasteiger partial charge in [0.15, 0.2) is 0 Å². The second kappa shape index (κ2) is 7.47. The summed E-state index contributed by atoms with van der Waals surface area (Å²) in [6.45, 7) is 2.76. The van der Waals surface area contributed by atoms with Gasteiger partial charge in [-0.1, -0.05) is 18.2 Å². The minimum Gasteiger partial charge on any atom is -0.352 e. The molecule has 124 valence electrons. The van der Waals surface area contributed by atoms with E-state index in [-0.39, 0.29) is 30.7 Å². The summed E-state index contributed by atoms with van der Waals surface area (Å²) in [5, 5.41) is 7.25. The molecule has 2 fully saturated rings. The van der Waals surface area contributed by atoms with Crippen LogP contribution in [0.3, 0.4) is 0 Å². The lowest BCUT2D eigenvalue weighted by Crippen LogP contribution is -2.48. The summed E-state index contributed by atoms with van der Waals surface area (Å²) in [4.78, 5) is 17.3. The Kier molecular flexibility index (Phi) is 5.84. The zero-order chi connectivity index (χ0) is 14.2. The van der Waals surface area contributed by atoms with Gasteiger partial charge in [0.2, 0.25) is 0 Å². The number of halogens is 2. The second-order valence-corrected chi connectivity index (χ2v) is 6.12. The summed E-state index contributed by atoms with van der Waals surface area (Å²) in [5.41, 5.74) is 2.77. The number of hydrogen-bond acceptors (Lipinski definition) is 3. The summed E-state index contributed by atoms with van der Waals surface area (Å²) in [5.74, 6) is 1.16. The van der Waals surface area contributed by atoms with Crippen LogP contribution in [0.25, 0.3) is 10.9 Å². The average molecular weight is 354 g/mol.